The average Bonchev–Trinajstić information content (AvgIpc) is 2.79. The van der Waals surface area contributed by atoms with Crippen LogP contribution < -0.4 is 0 Å². The summed E-state index contributed by atoms with van der Waals surface area (Å²) in [6, 6.07) is 2.04. The first-order valence-corrected chi connectivity index (χ1v) is 5.95. The molecule has 1 N–H and O–H groups in total. The zero-order chi connectivity index (χ0) is 12.1. The molecule has 1 saturated heterocycles. The molecule has 1 aliphatic heterocycles. The number of nitriles is 1. The summed E-state index contributed by atoms with van der Waals surface area (Å²) >= 11 is 0. The smallest absolute Gasteiger partial charge is 0.180 e. The number of ether oxygens (including phenoxy) is 1. The normalized spacial score (nSPS) is 21.3. The van der Waals surface area contributed by atoms with Gasteiger partial charge >= 0.3 is 0 Å². The third-order valence-corrected chi connectivity index (χ3v) is 2.77. The highest BCUT2D eigenvalue weighted by Crippen LogP contribution is 2.19. The molecule has 0 spiro atoms. The van der Waals surface area contributed by atoms with Crippen molar-refractivity contribution in [2.24, 2.45) is 0 Å². The summed E-state index contributed by atoms with van der Waals surface area (Å²) in [7, 11) is 0. The Labute approximate surface area is 101 Å². The first-order chi connectivity index (χ1) is 8.33. The number of aromatic nitrogens is 3. The minimum atomic E-state index is -0.0704. The Morgan fingerprint density at radius 3 is 3.29 bits per heavy atom. The maximum absolute atomic E-state index is 8.57. The number of rotatable bonds is 4. The van der Waals surface area contributed by atoms with Crippen LogP contribution in [-0.2, 0) is 11.2 Å². The van der Waals surface area contributed by atoms with Crippen LogP contribution in [0.1, 0.15) is 31.1 Å². The van der Waals surface area contributed by atoms with Gasteiger partial charge in [0.1, 0.15) is 11.9 Å². The Bertz CT molecular complexity index is 395. The van der Waals surface area contributed by atoms with Gasteiger partial charge in [-0.25, -0.2) is 4.98 Å². The molecule has 2 rings (SSSR count). The molecule has 0 saturated carbocycles. The van der Waals surface area contributed by atoms with Gasteiger partial charge in [0.25, 0.3) is 0 Å². The molecule has 6 nitrogen and oxygen atoms in total. The second kappa shape index (κ2) is 5.75. The number of H-pyrrole nitrogens is 1. The van der Waals surface area contributed by atoms with E-state index in [0.717, 1.165) is 26.1 Å². The summed E-state index contributed by atoms with van der Waals surface area (Å²) in [6.07, 6.45) is 1.33. The van der Waals surface area contributed by atoms with Gasteiger partial charge < -0.3 is 4.74 Å². The lowest BCUT2D eigenvalue weighted by atomic mass is 10.2. The fourth-order valence-corrected chi connectivity index (χ4v) is 1.99. The van der Waals surface area contributed by atoms with E-state index in [1.54, 1.807) is 0 Å². The van der Waals surface area contributed by atoms with E-state index >= 15 is 0 Å². The fourth-order valence-electron chi connectivity index (χ4n) is 1.99. The zero-order valence-electron chi connectivity index (χ0n) is 10.0. The van der Waals surface area contributed by atoms with E-state index in [0.29, 0.717) is 18.3 Å². The lowest BCUT2D eigenvalue weighted by Gasteiger charge is -2.31. The van der Waals surface area contributed by atoms with E-state index in [-0.39, 0.29) is 12.5 Å². The molecule has 1 fully saturated rings. The zero-order valence-corrected chi connectivity index (χ0v) is 10.0. The molecule has 0 radical (unpaired) electrons. The van der Waals surface area contributed by atoms with Crippen LogP contribution in [0, 0.1) is 11.3 Å². The molecule has 1 unspecified atom stereocenters. The van der Waals surface area contributed by atoms with Crippen molar-refractivity contribution in [2.45, 2.75) is 25.9 Å². The second-order valence-electron chi connectivity index (χ2n) is 4.14. The topological polar surface area (TPSA) is 77.8 Å². The molecule has 0 bridgehead atoms. The standard InChI is InChI=1S/C11H17N5O/c1-2-5-16-6-7-17-9(8-16)11-13-10(3-4-12)14-15-11/h9H,2-3,5-8H2,1H3,(H,13,14,15). The fraction of sp³-hybridized carbons (Fsp3) is 0.727. The van der Waals surface area contributed by atoms with E-state index in [9.17, 15) is 0 Å². The Morgan fingerprint density at radius 2 is 2.53 bits per heavy atom. The van der Waals surface area contributed by atoms with Crippen molar-refractivity contribution in [3.05, 3.63) is 11.6 Å². The van der Waals surface area contributed by atoms with Crippen molar-refractivity contribution >= 4 is 0 Å². The summed E-state index contributed by atoms with van der Waals surface area (Å²) in [5, 5.41) is 15.5. The van der Waals surface area contributed by atoms with Crippen LogP contribution in [0.4, 0.5) is 0 Å². The van der Waals surface area contributed by atoms with Crippen LogP contribution in [0.5, 0.6) is 0 Å². The minimum Gasteiger partial charge on any atom is -0.367 e. The minimum absolute atomic E-state index is 0.0704. The molecular weight excluding hydrogens is 218 g/mol. The SMILES string of the molecule is CCCN1CCOC(c2n[nH]c(CC#N)n2)C1. The lowest BCUT2D eigenvalue weighted by molar-refractivity contribution is -0.0340. The van der Waals surface area contributed by atoms with E-state index in [1.807, 2.05) is 6.07 Å². The van der Waals surface area contributed by atoms with E-state index in [4.69, 9.17) is 10.00 Å². The molecule has 1 aliphatic rings. The number of morpholine rings is 1. The quantitative estimate of drug-likeness (QED) is 0.829. The van der Waals surface area contributed by atoms with Crippen LogP contribution in [-0.4, -0.2) is 46.3 Å². The molecule has 1 atom stereocenters. The monoisotopic (exact) mass is 235 g/mol. The average molecular weight is 235 g/mol. The van der Waals surface area contributed by atoms with Crippen LogP contribution in [0.15, 0.2) is 0 Å². The largest absolute Gasteiger partial charge is 0.367 e. The maximum Gasteiger partial charge on any atom is 0.180 e. The summed E-state index contributed by atoms with van der Waals surface area (Å²) in [5.41, 5.74) is 0. The molecule has 0 aliphatic carbocycles. The molecule has 2 heterocycles. The highest BCUT2D eigenvalue weighted by Gasteiger charge is 2.24. The number of nitrogens with zero attached hydrogens (tertiary/aromatic N) is 4. The van der Waals surface area contributed by atoms with Gasteiger partial charge in [-0.15, -0.1) is 0 Å². The van der Waals surface area contributed by atoms with Crippen molar-refractivity contribution in [3.8, 4) is 6.07 Å². The van der Waals surface area contributed by atoms with Gasteiger partial charge in [-0.2, -0.15) is 10.4 Å². The van der Waals surface area contributed by atoms with Crippen LogP contribution >= 0.6 is 0 Å². The van der Waals surface area contributed by atoms with E-state index in [2.05, 4.69) is 27.0 Å². The van der Waals surface area contributed by atoms with Gasteiger partial charge in [-0.05, 0) is 13.0 Å². The predicted octanol–water partition coefficient (Wildman–Crippen LogP) is 0.654. The van der Waals surface area contributed by atoms with Crippen LogP contribution in [0.2, 0.25) is 0 Å². The molecule has 17 heavy (non-hydrogen) atoms. The highest BCUT2D eigenvalue weighted by atomic mass is 16.5. The molecule has 92 valence electrons. The van der Waals surface area contributed by atoms with Gasteiger partial charge in [-0.1, -0.05) is 6.92 Å². The van der Waals surface area contributed by atoms with Crippen molar-refractivity contribution in [1.29, 1.82) is 5.26 Å². The summed E-state index contributed by atoms with van der Waals surface area (Å²) in [6.45, 7) is 5.77. The van der Waals surface area contributed by atoms with Crippen LogP contribution in [0.3, 0.4) is 0 Å². The third kappa shape index (κ3) is 3.02. The number of aromatic amines is 1. The molecule has 1 aromatic heterocycles. The lowest BCUT2D eigenvalue weighted by Crippen LogP contribution is -2.39. The predicted molar refractivity (Wildman–Crippen MR) is 61.1 cm³/mol. The van der Waals surface area contributed by atoms with Crippen LogP contribution in [0.25, 0.3) is 0 Å². The van der Waals surface area contributed by atoms with Crippen molar-refractivity contribution in [1.82, 2.24) is 20.1 Å². The van der Waals surface area contributed by atoms with Gasteiger partial charge in [0, 0.05) is 13.1 Å². The van der Waals surface area contributed by atoms with E-state index in [1.165, 1.54) is 0 Å². The van der Waals surface area contributed by atoms with Gasteiger partial charge in [0.15, 0.2) is 5.82 Å². The van der Waals surface area contributed by atoms with E-state index < -0.39 is 0 Å². The van der Waals surface area contributed by atoms with Gasteiger partial charge in [0.2, 0.25) is 0 Å². The Balaban J connectivity index is 1.98. The van der Waals surface area contributed by atoms with Gasteiger partial charge in [-0.3, -0.25) is 10.00 Å². The van der Waals surface area contributed by atoms with Crippen molar-refractivity contribution < 1.29 is 4.74 Å². The molecule has 1 aromatic rings. The number of nitrogens with one attached hydrogen (secondary N) is 1. The number of hydrogen-bond acceptors (Lipinski definition) is 5. The summed E-state index contributed by atoms with van der Waals surface area (Å²) in [4.78, 5) is 6.63. The highest BCUT2D eigenvalue weighted by molar-refractivity contribution is 5.00. The van der Waals surface area contributed by atoms with Crippen molar-refractivity contribution in [3.63, 3.8) is 0 Å². The Kier molecular flexibility index (Phi) is 4.07. The molecule has 0 amide bonds. The first kappa shape index (κ1) is 12.0. The Morgan fingerprint density at radius 1 is 1.65 bits per heavy atom. The first-order valence-electron chi connectivity index (χ1n) is 5.95. The number of hydrogen-bond donors (Lipinski definition) is 1. The van der Waals surface area contributed by atoms with Gasteiger partial charge in [0.05, 0.1) is 19.1 Å². The summed E-state index contributed by atoms with van der Waals surface area (Å²) in [5.74, 6) is 1.27. The maximum atomic E-state index is 8.57. The van der Waals surface area contributed by atoms with Crippen molar-refractivity contribution in [2.75, 3.05) is 26.2 Å². The summed E-state index contributed by atoms with van der Waals surface area (Å²) < 4.78 is 5.66. The third-order valence-electron chi connectivity index (χ3n) is 2.77. The second-order valence-corrected chi connectivity index (χ2v) is 4.14. The molecular formula is C11H17N5O. The Hall–Kier alpha value is -1.45. The molecule has 6 heteroatoms. The molecule has 0 aromatic carbocycles.